The van der Waals surface area contributed by atoms with Gasteiger partial charge < -0.3 is 27.9 Å². The first kappa shape index (κ1) is 79.9. The van der Waals surface area contributed by atoms with Gasteiger partial charge in [-0.2, -0.15) is 0 Å². The van der Waals surface area contributed by atoms with E-state index in [-0.39, 0.29) is 26.1 Å². The Bertz CT molecular complexity index is 1930. The molecule has 0 amide bonds. The highest BCUT2D eigenvalue weighted by Gasteiger charge is 2.22. The highest BCUT2D eigenvalue weighted by molar-refractivity contribution is 7.45. The second-order valence-electron chi connectivity index (χ2n) is 23.1. The second-order valence-corrected chi connectivity index (χ2v) is 24.5. The number of likely N-dealkylation sites (N-methyl/N-ethyl adjacent to an activating group) is 1. The van der Waals surface area contributed by atoms with Crippen molar-refractivity contribution in [3.05, 3.63) is 146 Å². The van der Waals surface area contributed by atoms with E-state index < -0.39 is 32.5 Å². The summed E-state index contributed by atoms with van der Waals surface area (Å²) >= 11 is 0. The van der Waals surface area contributed by atoms with Crippen LogP contribution in [-0.4, -0.2) is 70.0 Å². The quantitative estimate of drug-likeness (QED) is 0.0195. The summed E-state index contributed by atoms with van der Waals surface area (Å²) in [5.41, 5.74) is 0. The van der Waals surface area contributed by atoms with Gasteiger partial charge in [-0.15, -0.1) is 0 Å². The van der Waals surface area contributed by atoms with E-state index in [4.69, 9.17) is 18.5 Å². The summed E-state index contributed by atoms with van der Waals surface area (Å²) in [5, 5.41) is 0. The molecule has 2 unspecified atom stereocenters. The summed E-state index contributed by atoms with van der Waals surface area (Å²) < 4.78 is 34.2. The molecule has 9 nitrogen and oxygen atoms in total. The number of ether oxygens (including phenoxy) is 2. The lowest BCUT2D eigenvalue weighted by Crippen LogP contribution is -2.37. The van der Waals surface area contributed by atoms with Crippen LogP contribution >= 0.6 is 7.82 Å². The molecule has 0 aromatic carbocycles. The van der Waals surface area contributed by atoms with Crippen LogP contribution in [0, 0.1) is 0 Å². The number of carbonyl (C=O) groups excluding carboxylic acids is 2. The standard InChI is InChI=1S/C74H124NO8P/c1-6-8-10-12-14-16-18-20-22-24-26-28-30-31-32-33-34-35-36-37-38-39-40-41-42-43-45-47-49-51-53-55-57-59-61-63-65-67-74(77)83-72(71-82-84(78,79)81-69-68-75(3,4)5)70-80-73(76)66-64-62-60-58-56-54-52-50-48-46-44-29-27-25-23-21-19-17-15-13-11-9-7-2/h8,10,14,16,19-22,25-28,31-32,34-35,37-38,40-41,43,45,49,51,72H,6-7,9,11-13,15,17-18,23-24,29-30,33,36,39,42,44,46-48,50,52-71H2,1-5H3/b10-8-,16-14-,21-19-,22-20-,27-25-,28-26-,32-31-,35-34-,38-37-,41-40-,45-43-,51-49-. The molecule has 0 rings (SSSR count). The van der Waals surface area contributed by atoms with Gasteiger partial charge in [-0.05, 0) is 122 Å². The lowest BCUT2D eigenvalue weighted by atomic mass is 10.0. The Hall–Kier alpha value is -4.11. The number of phosphoric acid groups is 1. The van der Waals surface area contributed by atoms with Crippen LogP contribution in [0.15, 0.2) is 146 Å². The molecule has 0 spiro atoms. The van der Waals surface area contributed by atoms with E-state index in [1.165, 1.54) is 89.9 Å². The zero-order valence-corrected chi connectivity index (χ0v) is 55.2. The number of carbonyl (C=O) groups is 2. The maximum absolute atomic E-state index is 12.8. The van der Waals surface area contributed by atoms with Crippen LogP contribution in [-0.2, 0) is 32.7 Å². The Labute approximate surface area is 516 Å². The van der Waals surface area contributed by atoms with Gasteiger partial charge in [0.15, 0.2) is 6.10 Å². The van der Waals surface area contributed by atoms with Crippen molar-refractivity contribution < 1.29 is 42.1 Å². The van der Waals surface area contributed by atoms with Crippen LogP contribution in [0.2, 0.25) is 0 Å². The van der Waals surface area contributed by atoms with Crippen LogP contribution in [0.5, 0.6) is 0 Å². The third-order valence-electron chi connectivity index (χ3n) is 13.8. The van der Waals surface area contributed by atoms with Crippen molar-refractivity contribution >= 4 is 19.8 Å². The first-order chi connectivity index (χ1) is 41.0. The molecular weight excluding hydrogens is 1060 g/mol. The monoisotopic (exact) mass is 1190 g/mol. The topological polar surface area (TPSA) is 111 Å². The molecule has 0 saturated heterocycles. The molecule has 10 heteroatoms. The lowest BCUT2D eigenvalue weighted by Gasteiger charge is -2.28. The largest absolute Gasteiger partial charge is 0.756 e. The fourth-order valence-electron chi connectivity index (χ4n) is 8.71. The predicted molar refractivity (Wildman–Crippen MR) is 360 cm³/mol. The van der Waals surface area contributed by atoms with Crippen molar-refractivity contribution in [2.45, 2.75) is 264 Å². The van der Waals surface area contributed by atoms with E-state index in [1.807, 2.05) is 21.1 Å². The number of nitrogens with zero attached hydrogens (tertiary/aromatic N) is 1. The minimum absolute atomic E-state index is 0.0415. The van der Waals surface area contributed by atoms with Crippen molar-refractivity contribution in [2.75, 3.05) is 47.5 Å². The first-order valence-electron chi connectivity index (χ1n) is 33.5. The number of quaternary nitrogens is 1. The molecule has 0 aliphatic carbocycles. The van der Waals surface area contributed by atoms with Gasteiger partial charge in [0, 0.05) is 12.8 Å². The Morgan fingerprint density at radius 1 is 0.381 bits per heavy atom. The predicted octanol–water partition coefficient (Wildman–Crippen LogP) is 21.2. The molecule has 0 bridgehead atoms. The fraction of sp³-hybridized carbons (Fsp3) is 0.649. The van der Waals surface area contributed by atoms with Crippen LogP contribution in [0.3, 0.4) is 0 Å². The molecule has 0 aromatic rings. The molecule has 478 valence electrons. The van der Waals surface area contributed by atoms with E-state index in [9.17, 15) is 19.0 Å². The summed E-state index contributed by atoms with van der Waals surface area (Å²) in [6.07, 6.45) is 93.3. The Kier molecular flexibility index (Phi) is 60.3. The number of esters is 2. The molecule has 0 saturated carbocycles. The second kappa shape index (κ2) is 63.4. The number of allylic oxidation sites excluding steroid dienone is 24. The summed E-state index contributed by atoms with van der Waals surface area (Å²) in [5.74, 6) is -0.858. The smallest absolute Gasteiger partial charge is 0.306 e. The van der Waals surface area contributed by atoms with Crippen LogP contribution in [0.1, 0.15) is 258 Å². The van der Waals surface area contributed by atoms with Gasteiger partial charge >= 0.3 is 11.9 Å². The van der Waals surface area contributed by atoms with Crippen LogP contribution in [0.25, 0.3) is 0 Å². The van der Waals surface area contributed by atoms with Crippen molar-refractivity contribution in [3.63, 3.8) is 0 Å². The maximum Gasteiger partial charge on any atom is 0.306 e. The molecule has 0 heterocycles. The SMILES string of the molecule is CC/C=C\C/C=C\C/C=C\C/C=C\C/C=C\C/C=C\C/C=C\C/C=C\C/C=C\C/C=C\CCCCCCCCC(=O)OC(COC(=O)CCCCCCCCCCCCC/C=C\C/C=C\CCCCCCC)COP(=O)([O-])OCC[N+](C)(C)C. The molecule has 0 radical (unpaired) electrons. The Morgan fingerprint density at radius 2 is 0.679 bits per heavy atom. The van der Waals surface area contributed by atoms with Gasteiger partial charge in [-0.3, -0.25) is 14.2 Å². The number of hydrogen-bond donors (Lipinski definition) is 0. The van der Waals surface area contributed by atoms with Gasteiger partial charge in [0.05, 0.1) is 27.7 Å². The van der Waals surface area contributed by atoms with Crippen LogP contribution in [0.4, 0.5) is 0 Å². The van der Waals surface area contributed by atoms with E-state index in [0.29, 0.717) is 17.4 Å². The summed E-state index contributed by atoms with van der Waals surface area (Å²) in [6.45, 7) is 4.09. The highest BCUT2D eigenvalue weighted by atomic mass is 31.2. The maximum atomic E-state index is 12.8. The average Bonchev–Trinajstić information content (AvgIpc) is 3.61. The summed E-state index contributed by atoms with van der Waals surface area (Å²) in [6, 6.07) is 0. The molecule has 0 aliphatic heterocycles. The third-order valence-corrected chi connectivity index (χ3v) is 14.8. The van der Waals surface area contributed by atoms with Crippen molar-refractivity contribution in [3.8, 4) is 0 Å². The van der Waals surface area contributed by atoms with E-state index in [1.54, 1.807) is 0 Å². The van der Waals surface area contributed by atoms with Gasteiger partial charge in [0.1, 0.15) is 19.8 Å². The van der Waals surface area contributed by atoms with Crippen molar-refractivity contribution in [1.29, 1.82) is 0 Å². The van der Waals surface area contributed by atoms with E-state index in [2.05, 4.69) is 160 Å². The Morgan fingerprint density at radius 3 is 1.01 bits per heavy atom. The summed E-state index contributed by atoms with van der Waals surface area (Å²) in [4.78, 5) is 38.0. The van der Waals surface area contributed by atoms with Crippen LogP contribution < -0.4 is 4.89 Å². The first-order valence-corrected chi connectivity index (χ1v) is 35.0. The lowest BCUT2D eigenvalue weighted by molar-refractivity contribution is -0.870. The molecule has 0 aliphatic rings. The van der Waals surface area contributed by atoms with E-state index >= 15 is 0 Å². The van der Waals surface area contributed by atoms with Gasteiger partial charge in [0.2, 0.25) is 0 Å². The van der Waals surface area contributed by atoms with E-state index in [0.717, 1.165) is 135 Å². The average molecular weight is 1190 g/mol. The van der Waals surface area contributed by atoms with Gasteiger partial charge in [-0.1, -0.05) is 269 Å². The number of phosphoric ester groups is 1. The van der Waals surface area contributed by atoms with Gasteiger partial charge in [0.25, 0.3) is 7.82 Å². The fourth-order valence-corrected chi connectivity index (χ4v) is 9.44. The van der Waals surface area contributed by atoms with Crippen molar-refractivity contribution in [2.24, 2.45) is 0 Å². The summed E-state index contributed by atoms with van der Waals surface area (Å²) in [7, 11) is 1.14. The Balaban J connectivity index is 4.18. The zero-order chi connectivity index (χ0) is 61.2. The molecule has 2 atom stereocenters. The molecule has 0 aromatic heterocycles. The number of hydrogen-bond acceptors (Lipinski definition) is 8. The number of unbranched alkanes of at least 4 members (excludes halogenated alkanes) is 22. The molecule has 0 N–H and O–H groups in total. The van der Waals surface area contributed by atoms with Crippen molar-refractivity contribution in [1.82, 2.24) is 0 Å². The number of rotatable bonds is 60. The molecular formula is C74H124NO8P. The minimum Gasteiger partial charge on any atom is -0.756 e. The molecule has 0 fully saturated rings. The molecule has 84 heavy (non-hydrogen) atoms. The normalized spacial score (nSPS) is 14.1. The third kappa shape index (κ3) is 67.0. The van der Waals surface area contributed by atoms with Gasteiger partial charge in [-0.25, -0.2) is 0 Å². The zero-order valence-electron chi connectivity index (χ0n) is 54.3. The minimum atomic E-state index is -4.66. The highest BCUT2D eigenvalue weighted by Crippen LogP contribution is 2.38.